The fourth-order valence-electron chi connectivity index (χ4n) is 1.32. The van der Waals surface area contributed by atoms with Crippen molar-refractivity contribution < 1.29 is 0 Å². The molecule has 0 aliphatic rings. The monoisotopic (exact) mass is 203 g/mol. The summed E-state index contributed by atoms with van der Waals surface area (Å²) in [7, 11) is 4.00. The van der Waals surface area contributed by atoms with Crippen molar-refractivity contribution in [1.82, 2.24) is 15.2 Å². The number of hydrogen-bond acceptors (Lipinski definition) is 4. The second-order valence-electron chi connectivity index (χ2n) is 3.48. The number of nitrogens with two attached hydrogens (primary N) is 1. The Labute approximate surface area is 87.9 Å². The number of hydrogen-bond donors (Lipinski definition) is 2. The van der Waals surface area contributed by atoms with Crippen LogP contribution in [0.15, 0.2) is 24.3 Å². The van der Waals surface area contributed by atoms with E-state index in [9.17, 15) is 0 Å². The molecule has 0 amide bonds. The smallest absolute Gasteiger partial charge is 0.239 e. The molecular weight excluding hydrogens is 190 g/mol. The summed E-state index contributed by atoms with van der Waals surface area (Å²) < 4.78 is 0. The summed E-state index contributed by atoms with van der Waals surface area (Å²) in [5.41, 5.74) is 7.55. The van der Waals surface area contributed by atoms with Crippen molar-refractivity contribution in [1.29, 1.82) is 0 Å². The van der Waals surface area contributed by atoms with Crippen molar-refractivity contribution >= 4 is 11.6 Å². The number of benzene rings is 1. The third-order valence-electron chi connectivity index (χ3n) is 2.16. The molecule has 3 N–H and O–H groups in total. The van der Waals surface area contributed by atoms with Gasteiger partial charge in [0.15, 0.2) is 5.82 Å². The van der Waals surface area contributed by atoms with Crippen LogP contribution in [0.25, 0.3) is 11.4 Å². The van der Waals surface area contributed by atoms with E-state index in [4.69, 9.17) is 5.73 Å². The van der Waals surface area contributed by atoms with Crippen molar-refractivity contribution in [2.24, 2.45) is 0 Å². The SMILES string of the molecule is CN(C)c1ccc(-c2nc(N)n[nH]2)cc1. The van der Waals surface area contributed by atoms with Gasteiger partial charge in [0.1, 0.15) is 0 Å². The third kappa shape index (κ3) is 1.90. The number of nitrogens with one attached hydrogen (secondary N) is 1. The van der Waals surface area contributed by atoms with Crippen LogP contribution in [0.4, 0.5) is 11.6 Å². The maximum absolute atomic E-state index is 5.43. The van der Waals surface area contributed by atoms with Gasteiger partial charge in [-0.2, -0.15) is 4.98 Å². The Hall–Kier alpha value is -2.04. The average Bonchev–Trinajstić information content (AvgIpc) is 2.65. The molecule has 5 heteroatoms. The highest BCUT2D eigenvalue weighted by Gasteiger charge is 2.03. The van der Waals surface area contributed by atoms with Gasteiger partial charge in [-0.3, -0.25) is 5.10 Å². The molecule has 0 atom stereocenters. The van der Waals surface area contributed by atoms with Gasteiger partial charge in [0.05, 0.1) is 0 Å². The van der Waals surface area contributed by atoms with E-state index in [0.717, 1.165) is 11.3 Å². The van der Waals surface area contributed by atoms with Crippen LogP contribution in [0.2, 0.25) is 0 Å². The molecule has 1 aromatic carbocycles. The first-order valence-electron chi connectivity index (χ1n) is 4.62. The van der Waals surface area contributed by atoms with Gasteiger partial charge in [-0.05, 0) is 24.3 Å². The Morgan fingerprint density at radius 3 is 2.33 bits per heavy atom. The minimum atomic E-state index is 0.265. The summed E-state index contributed by atoms with van der Waals surface area (Å²) in [6.45, 7) is 0. The van der Waals surface area contributed by atoms with Crippen molar-refractivity contribution in [3.05, 3.63) is 24.3 Å². The van der Waals surface area contributed by atoms with Crippen molar-refractivity contribution in [2.75, 3.05) is 24.7 Å². The summed E-state index contributed by atoms with van der Waals surface area (Å²) in [6, 6.07) is 8.01. The van der Waals surface area contributed by atoms with E-state index >= 15 is 0 Å². The molecule has 0 fully saturated rings. The van der Waals surface area contributed by atoms with Gasteiger partial charge in [0.2, 0.25) is 5.95 Å². The van der Waals surface area contributed by atoms with Crippen LogP contribution in [0.1, 0.15) is 0 Å². The van der Waals surface area contributed by atoms with E-state index < -0.39 is 0 Å². The van der Waals surface area contributed by atoms with E-state index in [1.807, 2.05) is 43.3 Å². The Kier molecular flexibility index (Phi) is 2.29. The topological polar surface area (TPSA) is 70.8 Å². The second kappa shape index (κ2) is 3.61. The van der Waals surface area contributed by atoms with Crippen LogP contribution in [-0.4, -0.2) is 29.3 Å². The number of H-pyrrole nitrogens is 1. The first-order valence-corrected chi connectivity index (χ1v) is 4.62. The zero-order valence-electron chi connectivity index (χ0n) is 8.73. The molecule has 0 bridgehead atoms. The number of aromatic nitrogens is 3. The summed E-state index contributed by atoms with van der Waals surface area (Å²) in [5.74, 6) is 0.958. The summed E-state index contributed by atoms with van der Waals surface area (Å²) in [4.78, 5) is 6.09. The number of anilines is 2. The Morgan fingerprint density at radius 1 is 1.20 bits per heavy atom. The van der Waals surface area contributed by atoms with Gasteiger partial charge in [-0.1, -0.05) is 0 Å². The molecule has 1 heterocycles. The minimum Gasteiger partial charge on any atom is -0.378 e. The molecule has 15 heavy (non-hydrogen) atoms. The van der Waals surface area contributed by atoms with Gasteiger partial charge in [0, 0.05) is 25.3 Å². The minimum absolute atomic E-state index is 0.265. The molecule has 0 unspecified atom stereocenters. The molecule has 1 aromatic heterocycles. The zero-order chi connectivity index (χ0) is 10.8. The van der Waals surface area contributed by atoms with Crippen LogP contribution in [0.3, 0.4) is 0 Å². The molecule has 0 radical (unpaired) electrons. The number of nitrogens with zero attached hydrogens (tertiary/aromatic N) is 3. The molecule has 0 saturated heterocycles. The van der Waals surface area contributed by atoms with Crippen LogP contribution < -0.4 is 10.6 Å². The molecule has 2 aromatic rings. The van der Waals surface area contributed by atoms with E-state index in [2.05, 4.69) is 15.2 Å². The fraction of sp³-hybridized carbons (Fsp3) is 0.200. The van der Waals surface area contributed by atoms with E-state index in [1.54, 1.807) is 0 Å². The van der Waals surface area contributed by atoms with Crippen LogP contribution >= 0.6 is 0 Å². The lowest BCUT2D eigenvalue weighted by molar-refractivity contribution is 1.10. The highest BCUT2D eigenvalue weighted by atomic mass is 15.3. The van der Waals surface area contributed by atoms with Crippen LogP contribution in [0, 0.1) is 0 Å². The lowest BCUT2D eigenvalue weighted by Crippen LogP contribution is -2.07. The molecule has 0 saturated carbocycles. The fourth-order valence-corrected chi connectivity index (χ4v) is 1.32. The van der Waals surface area contributed by atoms with Gasteiger partial charge in [-0.15, -0.1) is 5.10 Å². The zero-order valence-corrected chi connectivity index (χ0v) is 8.73. The maximum atomic E-state index is 5.43. The van der Waals surface area contributed by atoms with E-state index in [1.165, 1.54) is 0 Å². The Morgan fingerprint density at radius 2 is 1.87 bits per heavy atom. The maximum Gasteiger partial charge on any atom is 0.239 e. The van der Waals surface area contributed by atoms with Gasteiger partial charge in [-0.25, -0.2) is 0 Å². The van der Waals surface area contributed by atoms with Crippen molar-refractivity contribution in [3.8, 4) is 11.4 Å². The molecule has 5 nitrogen and oxygen atoms in total. The van der Waals surface area contributed by atoms with Crippen LogP contribution in [0.5, 0.6) is 0 Å². The Bertz CT molecular complexity index is 443. The van der Waals surface area contributed by atoms with E-state index in [-0.39, 0.29) is 5.95 Å². The molecule has 2 rings (SSSR count). The van der Waals surface area contributed by atoms with Crippen molar-refractivity contribution in [2.45, 2.75) is 0 Å². The third-order valence-corrected chi connectivity index (χ3v) is 2.16. The molecule has 0 aliphatic heterocycles. The van der Waals surface area contributed by atoms with Gasteiger partial charge in [0.25, 0.3) is 0 Å². The summed E-state index contributed by atoms with van der Waals surface area (Å²) in [6.07, 6.45) is 0. The largest absolute Gasteiger partial charge is 0.378 e. The lowest BCUT2D eigenvalue weighted by Gasteiger charge is -2.11. The predicted octanol–water partition coefficient (Wildman–Crippen LogP) is 1.12. The molecular formula is C10H13N5. The predicted molar refractivity (Wildman–Crippen MR) is 60.6 cm³/mol. The standard InChI is InChI=1S/C10H13N5/c1-15(2)8-5-3-7(4-6-8)9-12-10(11)14-13-9/h3-6H,1-2H3,(H3,11,12,13,14). The van der Waals surface area contributed by atoms with E-state index in [0.29, 0.717) is 5.82 Å². The first kappa shape index (κ1) is 9.51. The number of aromatic amines is 1. The van der Waals surface area contributed by atoms with Gasteiger partial charge >= 0.3 is 0 Å². The van der Waals surface area contributed by atoms with Gasteiger partial charge < -0.3 is 10.6 Å². The molecule has 0 aliphatic carbocycles. The van der Waals surface area contributed by atoms with Crippen LogP contribution in [-0.2, 0) is 0 Å². The summed E-state index contributed by atoms with van der Waals surface area (Å²) >= 11 is 0. The molecule has 78 valence electrons. The normalized spacial score (nSPS) is 10.3. The van der Waals surface area contributed by atoms with Crippen molar-refractivity contribution in [3.63, 3.8) is 0 Å². The average molecular weight is 203 g/mol. The number of rotatable bonds is 2. The molecule has 0 spiro atoms. The highest BCUT2D eigenvalue weighted by molar-refractivity contribution is 5.60. The lowest BCUT2D eigenvalue weighted by atomic mass is 10.2. The summed E-state index contributed by atoms with van der Waals surface area (Å²) in [5, 5.41) is 6.55. The second-order valence-corrected chi connectivity index (χ2v) is 3.48. The quantitative estimate of drug-likeness (QED) is 0.767. The Balaban J connectivity index is 2.31. The highest BCUT2D eigenvalue weighted by Crippen LogP contribution is 2.19. The first-order chi connectivity index (χ1) is 7.16. The number of nitrogen functional groups attached to an aromatic ring is 1.